The largest absolute Gasteiger partial charge is 0.382 e. The van der Waals surface area contributed by atoms with Gasteiger partial charge in [0.25, 0.3) is 0 Å². The van der Waals surface area contributed by atoms with E-state index in [2.05, 4.69) is 0 Å². The molecular weight excluding hydrogens is 214 g/mol. The maximum atomic E-state index is 13.2. The third-order valence-electron chi connectivity index (χ3n) is 2.15. The van der Waals surface area contributed by atoms with Gasteiger partial charge in [0.15, 0.2) is 17.4 Å². The van der Waals surface area contributed by atoms with Gasteiger partial charge in [-0.25, -0.2) is 8.78 Å². The second kappa shape index (κ2) is 6.33. The normalized spacial score (nSPS) is 10.4. The van der Waals surface area contributed by atoms with Crippen LogP contribution in [0.25, 0.3) is 0 Å². The summed E-state index contributed by atoms with van der Waals surface area (Å²) in [6.45, 7) is 2.90. The van der Waals surface area contributed by atoms with Crippen molar-refractivity contribution in [2.45, 2.75) is 19.8 Å². The maximum absolute atomic E-state index is 13.2. The first-order valence-corrected chi connectivity index (χ1v) is 5.21. The molecule has 0 aliphatic heterocycles. The highest BCUT2D eigenvalue weighted by Gasteiger charge is 2.14. The Morgan fingerprint density at radius 1 is 1.38 bits per heavy atom. The molecule has 1 aromatic rings. The Kier molecular flexibility index (Phi) is 5.05. The summed E-state index contributed by atoms with van der Waals surface area (Å²) in [4.78, 5) is 11.5. The number of carbonyl (C=O) groups is 1. The van der Waals surface area contributed by atoms with Crippen LogP contribution in [0, 0.1) is 11.6 Å². The Morgan fingerprint density at radius 2 is 2.12 bits per heavy atom. The van der Waals surface area contributed by atoms with E-state index in [1.807, 2.05) is 6.92 Å². The Labute approximate surface area is 93.2 Å². The van der Waals surface area contributed by atoms with E-state index >= 15 is 0 Å². The van der Waals surface area contributed by atoms with Gasteiger partial charge in [0, 0.05) is 19.6 Å². The molecule has 0 heterocycles. The summed E-state index contributed by atoms with van der Waals surface area (Å²) in [6.07, 6.45) is 0.684. The lowest BCUT2D eigenvalue weighted by Crippen LogP contribution is -2.05. The third kappa shape index (κ3) is 3.38. The fraction of sp³-hybridized carbons (Fsp3) is 0.417. The van der Waals surface area contributed by atoms with Crippen molar-refractivity contribution in [1.29, 1.82) is 0 Å². The lowest BCUT2D eigenvalue weighted by molar-refractivity contribution is 0.0942. The molecule has 2 nitrogen and oxygen atoms in total. The van der Waals surface area contributed by atoms with Gasteiger partial charge in [0.05, 0.1) is 5.56 Å². The van der Waals surface area contributed by atoms with Crippen molar-refractivity contribution in [2.24, 2.45) is 0 Å². The van der Waals surface area contributed by atoms with E-state index in [0.29, 0.717) is 19.6 Å². The van der Waals surface area contributed by atoms with Gasteiger partial charge >= 0.3 is 0 Å². The lowest BCUT2D eigenvalue weighted by atomic mass is 10.1. The van der Waals surface area contributed by atoms with Gasteiger partial charge in [0.2, 0.25) is 0 Å². The number of ether oxygens (including phenoxy) is 1. The smallest absolute Gasteiger partial charge is 0.169 e. The van der Waals surface area contributed by atoms with E-state index in [-0.39, 0.29) is 12.0 Å². The topological polar surface area (TPSA) is 26.3 Å². The maximum Gasteiger partial charge on any atom is 0.169 e. The second-order valence-electron chi connectivity index (χ2n) is 3.33. The van der Waals surface area contributed by atoms with E-state index < -0.39 is 17.4 Å². The molecule has 4 heteroatoms. The first-order valence-electron chi connectivity index (χ1n) is 5.21. The molecule has 0 aliphatic carbocycles. The van der Waals surface area contributed by atoms with E-state index in [0.717, 1.165) is 6.07 Å². The zero-order valence-corrected chi connectivity index (χ0v) is 9.13. The van der Waals surface area contributed by atoms with Crippen LogP contribution in [0.5, 0.6) is 0 Å². The third-order valence-corrected chi connectivity index (χ3v) is 2.15. The summed E-state index contributed by atoms with van der Waals surface area (Å²) in [7, 11) is 0. The molecule has 1 rings (SSSR count). The predicted octanol–water partition coefficient (Wildman–Crippen LogP) is 2.96. The monoisotopic (exact) mass is 228 g/mol. The summed E-state index contributed by atoms with van der Waals surface area (Å²) >= 11 is 0. The van der Waals surface area contributed by atoms with Gasteiger partial charge < -0.3 is 4.74 Å². The van der Waals surface area contributed by atoms with E-state index in [9.17, 15) is 13.6 Å². The molecule has 0 N–H and O–H groups in total. The Bertz CT molecular complexity index is 364. The van der Waals surface area contributed by atoms with Crippen LogP contribution in [0.4, 0.5) is 8.78 Å². The van der Waals surface area contributed by atoms with Gasteiger partial charge in [-0.15, -0.1) is 0 Å². The molecule has 0 saturated carbocycles. The van der Waals surface area contributed by atoms with E-state index in [1.54, 1.807) is 0 Å². The molecule has 0 aliphatic rings. The average molecular weight is 228 g/mol. The van der Waals surface area contributed by atoms with Crippen LogP contribution in [0.2, 0.25) is 0 Å². The number of hydrogen-bond donors (Lipinski definition) is 0. The number of Topliss-reactive ketones (excluding diaryl/α,β-unsaturated/α-hetero) is 1. The van der Waals surface area contributed by atoms with E-state index in [4.69, 9.17) is 4.74 Å². The molecule has 0 saturated heterocycles. The van der Waals surface area contributed by atoms with Crippen molar-refractivity contribution < 1.29 is 18.3 Å². The Morgan fingerprint density at radius 3 is 2.81 bits per heavy atom. The molecule has 1 aromatic carbocycles. The molecule has 0 bridgehead atoms. The highest BCUT2D eigenvalue weighted by Crippen LogP contribution is 2.14. The Balaban J connectivity index is 2.56. The average Bonchev–Trinajstić information content (AvgIpc) is 2.28. The minimum Gasteiger partial charge on any atom is -0.382 e. The van der Waals surface area contributed by atoms with Crippen molar-refractivity contribution >= 4 is 5.78 Å². The van der Waals surface area contributed by atoms with Gasteiger partial charge in [-0.1, -0.05) is 6.07 Å². The number of benzene rings is 1. The van der Waals surface area contributed by atoms with Crippen molar-refractivity contribution in [3.63, 3.8) is 0 Å². The number of hydrogen-bond acceptors (Lipinski definition) is 2. The van der Waals surface area contributed by atoms with Gasteiger partial charge in [-0.05, 0) is 25.5 Å². The van der Waals surface area contributed by atoms with Gasteiger partial charge in [-0.3, -0.25) is 4.79 Å². The minimum absolute atomic E-state index is 0.167. The molecule has 0 spiro atoms. The standard InChI is InChI=1S/C12H14F2O2/c1-2-16-8-4-7-11(15)9-5-3-6-10(13)12(9)14/h3,5-6H,2,4,7-8H2,1H3. The second-order valence-corrected chi connectivity index (χ2v) is 3.33. The predicted molar refractivity (Wildman–Crippen MR) is 56.4 cm³/mol. The SMILES string of the molecule is CCOCCCC(=O)c1cccc(F)c1F. The molecule has 88 valence electrons. The molecule has 0 fully saturated rings. The van der Waals surface area contributed by atoms with Crippen LogP contribution in [-0.2, 0) is 4.74 Å². The fourth-order valence-electron chi connectivity index (χ4n) is 1.33. The van der Waals surface area contributed by atoms with Crippen LogP contribution in [-0.4, -0.2) is 19.0 Å². The van der Waals surface area contributed by atoms with Crippen LogP contribution in [0.3, 0.4) is 0 Å². The fourth-order valence-corrected chi connectivity index (χ4v) is 1.33. The number of ketones is 1. The first kappa shape index (κ1) is 12.8. The minimum atomic E-state index is -1.07. The summed E-state index contributed by atoms with van der Waals surface area (Å²) in [5.41, 5.74) is -0.184. The number of carbonyl (C=O) groups excluding carboxylic acids is 1. The molecule has 0 atom stereocenters. The molecule has 0 unspecified atom stereocenters. The van der Waals surface area contributed by atoms with Crippen molar-refractivity contribution in [3.05, 3.63) is 35.4 Å². The zero-order valence-electron chi connectivity index (χ0n) is 9.13. The summed E-state index contributed by atoms with van der Waals surface area (Å²) in [6, 6.07) is 3.61. The van der Waals surface area contributed by atoms with Crippen LogP contribution in [0.1, 0.15) is 30.1 Å². The number of rotatable bonds is 6. The highest BCUT2D eigenvalue weighted by molar-refractivity contribution is 5.96. The molecule has 0 aromatic heterocycles. The molecule has 0 radical (unpaired) electrons. The lowest BCUT2D eigenvalue weighted by Gasteiger charge is -2.03. The van der Waals surface area contributed by atoms with Crippen LogP contribution < -0.4 is 0 Å². The van der Waals surface area contributed by atoms with Crippen molar-refractivity contribution in [3.8, 4) is 0 Å². The van der Waals surface area contributed by atoms with Crippen LogP contribution >= 0.6 is 0 Å². The summed E-state index contributed by atoms with van der Waals surface area (Å²) < 4.78 is 31.1. The number of halogens is 2. The van der Waals surface area contributed by atoms with Gasteiger partial charge in [0.1, 0.15) is 0 Å². The molecule has 0 amide bonds. The molecule has 16 heavy (non-hydrogen) atoms. The first-order chi connectivity index (χ1) is 7.66. The van der Waals surface area contributed by atoms with Crippen molar-refractivity contribution in [1.82, 2.24) is 0 Å². The van der Waals surface area contributed by atoms with Gasteiger partial charge in [-0.2, -0.15) is 0 Å². The van der Waals surface area contributed by atoms with E-state index in [1.165, 1.54) is 12.1 Å². The van der Waals surface area contributed by atoms with Crippen molar-refractivity contribution in [2.75, 3.05) is 13.2 Å². The Hall–Kier alpha value is -1.29. The molecular formula is C12H14F2O2. The zero-order chi connectivity index (χ0) is 12.0. The highest BCUT2D eigenvalue weighted by atomic mass is 19.2. The summed E-state index contributed by atoms with van der Waals surface area (Å²) in [5.74, 6) is -2.45. The quantitative estimate of drug-likeness (QED) is 0.552. The van der Waals surface area contributed by atoms with Crippen LogP contribution in [0.15, 0.2) is 18.2 Å². The summed E-state index contributed by atoms with van der Waals surface area (Å²) in [5, 5.41) is 0.